The highest BCUT2D eigenvalue weighted by Gasteiger charge is 2.18. The molecule has 156 valence electrons. The minimum Gasteiger partial charge on any atom is -0.493 e. The molecule has 2 aromatic heterocycles. The summed E-state index contributed by atoms with van der Waals surface area (Å²) in [4.78, 5) is 16.4. The summed E-state index contributed by atoms with van der Waals surface area (Å²) in [7, 11) is 0. The van der Waals surface area contributed by atoms with Crippen LogP contribution in [0.5, 0.6) is 5.88 Å². The third-order valence-electron chi connectivity index (χ3n) is 5.32. The normalized spacial score (nSPS) is 11.5. The molecule has 6 nitrogen and oxygen atoms in total. The summed E-state index contributed by atoms with van der Waals surface area (Å²) in [6.45, 7) is 0.451. The van der Waals surface area contributed by atoms with Crippen LogP contribution >= 0.6 is 15.9 Å². The lowest BCUT2D eigenvalue weighted by Crippen LogP contribution is -1.99. The number of benzene rings is 3. The number of carbonyl (C=O) groups excluding carboxylic acids is 1. The summed E-state index contributed by atoms with van der Waals surface area (Å²) in [5, 5.41) is 22.0. The molecule has 2 heterocycles. The van der Waals surface area contributed by atoms with Crippen molar-refractivity contribution in [2.75, 3.05) is 0 Å². The van der Waals surface area contributed by atoms with Crippen LogP contribution in [-0.4, -0.2) is 20.6 Å². The van der Waals surface area contributed by atoms with E-state index in [0.29, 0.717) is 22.0 Å². The number of halogens is 1. The van der Waals surface area contributed by atoms with Crippen LogP contribution in [0.4, 0.5) is 5.69 Å². The molecule has 0 spiro atoms. The molecule has 0 saturated carbocycles. The number of pyridine rings is 1. The average molecular weight is 485 g/mol. The largest absolute Gasteiger partial charge is 0.493 e. The third kappa shape index (κ3) is 3.67. The molecule has 5 aromatic rings. The van der Waals surface area contributed by atoms with Gasteiger partial charge in [-0.2, -0.15) is 0 Å². The van der Waals surface area contributed by atoms with Crippen molar-refractivity contribution in [3.05, 3.63) is 101 Å². The van der Waals surface area contributed by atoms with E-state index in [0.717, 1.165) is 21.9 Å². The quantitative estimate of drug-likeness (QED) is 0.290. The van der Waals surface area contributed by atoms with Gasteiger partial charge in [0.25, 0.3) is 5.91 Å². The van der Waals surface area contributed by atoms with Gasteiger partial charge in [-0.05, 0) is 44.4 Å². The average Bonchev–Trinajstić information content (AvgIpc) is 3.08. The van der Waals surface area contributed by atoms with E-state index in [1.165, 1.54) is 6.20 Å². The van der Waals surface area contributed by atoms with Gasteiger partial charge in [0.15, 0.2) is 5.69 Å². The molecule has 0 fully saturated rings. The van der Waals surface area contributed by atoms with Crippen LogP contribution in [-0.2, 0) is 6.54 Å². The Balaban J connectivity index is 1.57. The first-order valence-corrected chi connectivity index (χ1v) is 10.7. The summed E-state index contributed by atoms with van der Waals surface area (Å²) in [5.74, 6) is -0.577. The maximum absolute atomic E-state index is 12.5. The molecule has 32 heavy (non-hydrogen) atoms. The Morgan fingerprint density at radius 2 is 1.72 bits per heavy atom. The highest BCUT2D eigenvalue weighted by Crippen LogP contribution is 2.39. The number of amides is 1. The van der Waals surface area contributed by atoms with Crippen molar-refractivity contribution < 1.29 is 9.90 Å². The fourth-order valence-electron chi connectivity index (χ4n) is 3.81. The number of aromatic hydroxyl groups is 1. The van der Waals surface area contributed by atoms with Gasteiger partial charge in [-0.3, -0.25) is 9.78 Å². The van der Waals surface area contributed by atoms with E-state index in [9.17, 15) is 9.90 Å². The smallest absolute Gasteiger partial charge is 0.297 e. The van der Waals surface area contributed by atoms with Crippen LogP contribution in [0.25, 0.3) is 21.7 Å². The van der Waals surface area contributed by atoms with Gasteiger partial charge in [-0.15, -0.1) is 10.2 Å². The second kappa shape index (κ2) is 8.36. The molecule has 0 radical (unpaired) electrons. The van der Waals surface area contributed by atoms with Gasteiger partial charge in [-0.25, -0.2) is 0 Å². The molecule has 0 aliphatic carbocycles. The van der Waals surface area contributed by atoms with E-state index in [-0.39, 0.29) is 11.6 Å². The molecule has 0 saturated heterocycles. The number of hydrogen-bond donors (Lipinski definition) is 1. The Morgan fingerprint density at radius 1 is 0.969 bits per heavy atom. The monoisotopic (exact) mass is 484 g/mol. The van der Waals surface area contributed by atoms with Gasteiger partial charge in [0.05, 0.1) is 17.6 Å². The highest BCUT2D eigenvalue weighted by atomic mass is 79.9. The Kier molecular flexibility index (Phi) is 5.25. The van der Waals surface area contributed by atoms with Crippen LogP contribution in [0.1, 0.15) is 15.9 Å². The lowest BCUT2D eigenvalue weighted by molar-refractivity contribution is 0.0994. The Hall–Kier alpha value is -3.84. The molecule has 7 heteroatoms. The zero-order valence-corrected chi connectivity index (χ0v) is 18.4. The van der Waals surface area contributed by atoms with E-state index >= 15 is 0 Å². The second-order valence-electron chi connectivity index (χ2n) is 7.31. The fraction of sp³-hybridized carbons (Fsp3) is 0.0400. The summed E-state index contributed by atoms with van der Waals surface area (Å²) in [5.41, 5.74) is 2.45. The van der Waals surface area contributed by atoms with Gasteiger partial charge in [-0.1, -0.05) is 60.7 Å². The lowest BCUT2D eigenvalue weighted by Gasteiger charge is -2.10. The predicted molar refractivity (Wildman–Crippen MR) is 127 cm³/mol. The van der Waals surface area contributed by atoms with Gasteiger partial charge in [0, 0.05) is 22.3 Å². The van der Waals surface area contributed by atoms with E-state index in [4.69, 9.17) is 0 Å². The molecule has 1 N–H and O–H groups in total. The van der Waals surface area contributed by atoms with E-state index in [1.807, 2.05) is 48.5 Å². The summed E-state index contributed by atoms with van der Waals surface area (Å²) in [6.07, 6.45) is 3.01. The first-order chi connectivity index (χ1) is 15.6. The number of rotatable bonds is 4. The fourth-order valence-corrected chi connectivity index (χ4v) is 4.18. The van der Waals surface area contributed by atoms with E-state index < -0.39 is 5.91 Å². The minimum absolute atomic E-state index is 0.0388. The predicted octanol–water partition coefficient (Wildman–Crippen LogP) is 6.63. The Labute approximate surface area is 192 Å². The number of carbonyl (C=O) groups is 1. The zero-order valence-electron chi connectivity index (χ0n) is 16.8. The standard InChI is InChI=1S/C25H17BrN4O2/c26-19-12-18(13-27-14-19)24(31)29-28-23-21-10-3-4-11-22(21)30(25(23)32)15-17-8-5-7-16-6-1-2-9-20(16)17/h1-14,32H,15H2. The minimum atomic E-state index is -0.538. The molecule has 5 rings (SSSR count). The molecule has 0 aliphatic heterocycles. The first-order valence-electron chi connectivity index (χ1n) is 9.95. The first kappa shape index (κ1) is 20.1. The summed E-state index contributed by atoms with van der Waals surface area (Å²) in [6, 6.07) is 23.4. The molecule has 0 aliphatic rings. The molecule has 0 bridgehead atoms. The number of fused-ring (bicyclic) bond motifs is 2. The Bertz CT molecular complexity index is 1500. The number of hydrogen-bond acceptors (Lipinski definition) is 4. The number of aromatic nitrogens is 2. The van der Waals surface area contributed by atoms with Gasteiger partial charge < -0.3 is 9.67 Å². The molecular formula is C25H17BrN4O2. The van der Waals surface area contributed by atoms with Crippen LogP contribution in [0, 0.1) is 0 Å². The third-order valence-corrected chi connectivity index (χ3v) is 5.75. The van der Waals surface area contributed by atoms with E-state index in [1.54, 1.807) is 16.8 Å². The molecule has 0 atom stereocenters. The maximum atomic E-state index is 12.5. The van der Waals surface area contributed by atoms with Crippen molar-refractivity contribution in [2.24, 2.45) is 10.2 Å². The van der Waals surface area contributed by atoms with Crippen molar-refractivity contribution in [1.82, 2.24) is 9.55 Å². The number of nitrogens with zero attached hydrogens (tertiary/aromatic N) is 4. The lowest BCUT2D eigenvalue weighted by atomic mass is 10.0. The van der Waals surface area contributed by atoms with Crippen molar-refractivity contribution in [3.8, 4) is 5.88 Å². The molecule has 3 aromatic carbocycles. The zero-order chi connectivity index (χ0) is 22.1. The number of azo groups is 1. The van der Waals surface area contributed by atoms with Crippen molar-refractivity contribution in [2.45, 2.75) is 6.54 Å². The molecule has 1 amide bonds. The van der Waals surface area contributed by atoms with Gasteiger partial charge in [0.2, 0.25) is 5.88 Å². The highest BCUT2D eigenvalue weighted by molar-refractivity contribution is 9.10. The molecular weight excluding hydrogens is 468 g/mol. The van der Waals surface area contributed by atoms with Crippen molar-refractivity contribution in [1.29, 1.82) is 0 Å². The van der Waals surface area contributed by atoms with Gasteiger partial charge in [0.1, 0.15) is 0 Å². The maximum Gasteiger partial charge on any atom is 0.297 e. The van der Waals surface area contributed by atoms with Crippen LogP contribution in [0.3, 0.4) is 0 Å². The van der Waals surface area contributed by atoms with E-state index in [2.05, 4.69) is 49.3 Å². The topological polar surface area (TPSA) is 79.8 Å². The second-order valence-corrected chi connectivity index (χ2v) is 8.23. The Morgan fingerprint density at radius 3 is 2.56 bits per heavy atom. The number of para-hydroxylation sites is 1. The molecule has 0 unspecified atom stereocenters. The van der Waals surface area contributed by atoms with Crippen LogP contribution in [0.2, 0.25) is 0 Å². The summed E-state index contributed by atoms with van der Waals surface area (Å²) >= 11 is 3.29. The van der Waals surface area contributed by atoms with Crippen molar-refractivity contribution in [3.63, 3.8) is 0 Å². The van der Waals surface area contributed by atoms with Gasteiger partial charge >= 0.3 is 0 Å². The van der Waals surface area contributed by atoms with Crippen LogP contribution in [0.15, 0.2) is 99.9 Å². The SMILES string of the molecule is O=C(N=Nc1c(O)n(Cc2cccc3ccccc23)c2ccccc12)c1cncc(Br)c1. The van der Waals surface area contributed by atoms with Crippen molar-refractivity contribution >= 4 is 49.2 Å². The van der Waals surface area contributed by atoms with Crippen LogP contribution < -0.4 is 0 Å². The summed E-state index contributed by atoms with van der Waals surface area (Å²) < 4.78 is 2.46.